The van der Waals surface area contributed by atoms with Crippen molar-refractivity contribution in [3.8, 4) is 5.75 Å². The van der Waals surface area contributed by atoms with Crippen molar-refractivity contribution in [2.75, 3.05) is 0 Å². The van der Waals surface area contributed by atoms with Gasteiger partial charge in [0.25, 0.3) is 0 Å². The van der Waals surface area contributed by atoms with Crippen molar-refractivity contribution in [1.29, 1.82) is 0 Å². The largest absolute Gasteiger partial charge is 0.462 e. The summed E-state index contributed by atoms with van der Waals surface area (Å²) < 4.78 is 22.1. The number of esters is 1. The van der Waals surface area contributed by atoms with Crippen LogP contribution in [0.1, 0.15) is 20.8 Å². The summed E-state index contributed by atoms with van der Waals surface area (Å²) in [6.07, 6.45) is -0.249. The monoisotopic (exact) mass is 305 g/mol. The summed E-state index contributed by atoms with van der Waals surface area (Å²) in [5.74, 6) is -0.176. The molecule has 0 amide bonds. The van der Waals surface area contributed by atoms with Gasteiger partial charge < -0.3 is 9.26 Å². The minimum Gasteiger partial charge on any atom is -0.462 e. The molecule has 0 aliphatic rings. The molecule has 19 heavy (non-hydrogen) atoms. The number of hydrogen-bond donors (Lipinski definition) is 1. The second kappa shape index (κ2) is 6.94. The van der Waals surface area contributed by atoms with Crippen LogP contribution in [0.4, 0.5) is 0 Å². The highest BCUT2D eigenvalue weighted by Gasteiger charge is 2.28. The summed E-state index contributed by atoms with van der Waals surface area (Å²) in [6.45, 7) is 1.32. The van der Waals surface area contributed by atoms with Crippen molar-refractivity contribution in [3.05, 3.63) is 30.3 Å². The van der Waals surface area contributed by atoms with Crippen molar-refractivity contribution in [3.63, 3.8) is 0 Å². The number of halogens is 1. The summed E-state index contributed by atoms with van der Waals surface area (Å²) >= 11 is 5.76. The van der Waals surface area contributed by atoms with E-state index in [9.17, 15) is 9.36 Å². The first-order valence-corrected chi connectivity index (χ1v) is 8.36. The maximum atomic E-state index is 12.0. The van der Waals surface area contributed by atoms with E-state index < -0.39 is 18.9 Å². The van der Waals surface area contributed by atoms with E-state index in [1.54, 1.807) is 44.2 Å². The van der Waals surface area contributed by atoms with Crippen molar-refractivity contribution in [2.45, 2.75) is 32.9 Å². The van der Waals surface area contributed by atoms with Gasteiger partial charge in [-0.15, -0.1) is 0 Å². The summed E-state index contributed by atoms with van der Waals surface area (Å²) in [5.41, 5.74) is 0. The van der Waals surface area contributed by atoms with Crippen LogP contribution in [-0.2, 0) is 14.1 Å². The Hall–Kier alpha value is -1.03. The molecule has 1 N–H and O–H groups in total. The lowest BCUT2D eigenvalue weighted by molar-refractivity contribution is -0.148. The van der Waals surface area contributed by atoms with Gasteiger partial charge in [-0.1, -0.05) is 18.2 Å². The molecule has 1 rings (SSSR count). The number of rotatable bonds is 6. The van der Waals surface area contributed by atoms with E-state index in [1.807, 2.05) is 0 Å². The molecule has 0 fully saturated rings. The summed E-state index contributed by atoms with van der Waals surface area (Å²) in [6, 6.07) is 7.66. The molecule has 7 heteroatoms. The zero-order valence-electron chi connectivity index (χ0n) is 11.0. The molecule has 0 bridgehead atoms. The Morgan fingerprint density at radius 1 is 1.26 bits per heavy atom. The van der Waals surface area contributed by atoms with Crippen LogP contribution in [0, 0.1) is 0 Å². The molecule has 0 radical (unpaired) electrons. The standard InChI is InChI=1S/C12H17ClNO4P/c1-9(2)17-12(15)10(3)14-19(13,16)18-11-7-5-4-6-8-11/h4-10H,1-3H3,(H,14,16)/t10-,19-/m0/s1. The van der Waals surface area contributed by atoms with Gasteiger partial charge in [0.2, 0.25) is 0 Å². The lowest BCUT2D eigenvalue weighted by Crippen LogP contribution is -2.34. The highest BCUT2D eigenvalue weighted by Crippen LogP contribution is 2.48. The van der Waals surface area contributed by atoms with Crippen molar-refractivity contribution in [1.82, 2.24) is 5.09 Å². The topological polar surface area (TPSA) is 64.6 Å². The van der Waals surface area contributed by atoms with Crippen LogP contribution in [-0.4, -0.2) is 18.1 Å². The highest BCUT2D eigenvalue weighted by atomic mass is 35.7. The second-order valence-electron chi connectivity index (χ2n) is 4.22. The number of hydrogen-bond acceptors (Lipinski definition) is 4. The van der Waals surface area contributed by atoms with Crippen molar-refractivity contribution < 1.29 is 18.6 Å². The molecule has 1 aromatic rings. The van der Waals surface area contributed by atoms with Crippen LogP contribution in [0.2, 0.25) is 0 Å². The molecule has 0 aromatic heterocycles. The quantitative estimate of drug-likeness (QED) is 0.645. The molecule has 0 spiro atoms. The predicted molar refractivity (Wildman–Crippen MR) is 74.4 cm³/mol. The molecule has 2 atom stereocenters. The van der Waals surface area contributed by atoms with Crippen LogP contribution < -0.4 is 9.61 Å². The summed E-state index contributed by atoms with van der Waals surface area (Å²) in [4.78, 5) is 11.6. The predicted octanol–water partition coefficient (Wildman–Crippen LogP) is 3.34. The third kappa shape index (κ3) is 6.10. The van der Waals surface area contributed by atoms with Gasteiger partial charge in [-0.3, -0.25) is 4.79 Å². The Morgan fingerprint density at radius 3 is 2.37 bits per heavy atom. The third-order valence-electron chi connectivity index (χ3n) is 2.02. The minimum atomic E-state index is -3.65. The molecule has 5 nitrogen and oxygen atoms in total. The lowest BCUT2D eigenvalue weighted by atomic mass is 10.3. The van der Waals surface area contributed by atoms with Crippen LogP contribution in [0.15, 0.2) is 30.3 Å². The lowest BCUT2D eigenvalue weighted by Gasteiger charge is -2.19. The van der Waals surface area contributed by atoms with Gasteiger partial charge >= 0.3 is 12.8 Å². The SMILES string of the molecule is CC(C)OC(=O)[C@H](C)N[P@](=O)(Cl)Oc1ccccc1. The molecule has 1 aromatic carbocycles. The zero-order valence-corrected chi connectivity index (χ0v) is 12.6. The number of nitrogens with one attached hydrogen (secondary N) is 1. The Morgan fingerprint density at radius 2 is 1.84 bits per heavy atom. The first-order chi connectivity index (χ1) is 8.80. The van der Waals surface area contributed by atoms with Gasteiger partial charge in [-0.05, 0) is 32.9 Å². The zero-order chi connectivity index (χ0) is 14.5. The van der Waals surface area contributed by atoms with Crippen molar-refractivity contribution in [2.24, 2.45) is 0 Å². The minimum absolute atomic E-state index is 0.249. The first kappa shape index (κ1) is 16.0. The summed E-state index contributed by atoms with van der Waals surface area (Å²) in [7, 11) is 0. The fourth-order valence-electron chi connectivity index (χ4n) is 1.26. The average molecular weight is 306 g/mol. The normalized spacial score (nSPS) is 15.6. The molecule has 0 heterocycles. The molecule has 0 unspecified atom stereocenters. The van der Waals surface area contributed by atoms with Gasteiger partial charge in [0, 0.05) is 11.2 Å². The smallest absolute Gasteiger partial charge is 0.409 e. The molecule has 106 valence electrons. The molecular weight excluding hydrogens is 289 g/mol. The number of carbonyl (C=O) groups excluding carboxylic acids is 1. The number of ether oxygens (including phenoxy) is 1. The van der Waals surface area contributed by atoms with E-state index in [-0.39, 0.29) is 6.10 Å². The number of carbonyl (C=O) groups is 1. The Balaban J connectivity index is 2.59. The molecular formula is C12H17ClNO4P. The van der Waals surface area contributed by atoms with E-state index >= 15 is 0 Å². The van der Waals surface area contributed by atoms with Gasteiger partial charge in [0.15, 0.2) is 0 Å². The molecule has 0 aliphatic heterocycles. The molecule has 0 saturated heterocycles. The van der Waals surface area contributed by atoms with Crippen LogP contribution in [0.3, 0.4) is 0 Å². The maximum absolute atomic E-state index is 12.0. The second-order valence-corrected chi connectivity index (χ2v) is 6.96. The van der Waals surface area contributed by atoms with E-state index in [0.717, 1.165) is 0 Å². The Bertz CT molecular complexity index is 466. The van der Waals surface area contributed by atoms with Crippen LogP contribution >= 0.6 is 18.1 Å². The van der Waals surface area contributed by atoms with E-state index in [4.69, 9.17) is 20.5 Å². The third-order valence-corrected chi connectivity index (χ3v) is 3.66. The molecule has 0 saturated carbocycles. The van der Waals surface area contributed by atoms with E-state index in [1.165, 1.54) is 6.92 Å². The van der Waals surface area contributed by atoms with Gasteiger partial charge in [-0.2, -0.15) is 0 Å². The van der Waals surface area contributed by atoms with E-state index in [0.29, 0.717) is 5.75 Å². The highest BCUT2D eigenvalue weighted by molar-refractivity contribution is 7.84. The number of para-hydroxylation sites is 1. The summed E-state index contributed by atoms with van der Waals surface area (Å²) in [5, 5.41) is 2.43. The van der Waals surface area contributed by atoms with E-state index in [2.05, 4.69) is 5.09 Å². The fourth-order valence-corrected chi connectivity index (χ4v) is 2.95. The Kier molecular flexibility index (Phi) is 5.85. The van der Waals surface area contributed by atoms with Crippen LogP contribution in [0.5, 0.6) is 5.75 Å². The number of benzene rings is 1. The average Bonchev–Trinajstić information content (AvgIpc) is 2.27. The maximum Gasteiger partial charge on any atom is 0.409 e. The first-order valence-electron chi connectivity index (χ1n) is 5.83. The van der Waals surface area contributed by atoms with Gasteiger partial charge in [-0.25, -0.2) is 9.65 Å². The van der Waals surface area contributed by atoms with Gasteiger partial charge in [0.1, 0.15) is 11.8 Å². The van der Waals surface area contributed by atoms with Crippen LogP contribution in [0.25, 0.3) is 0 Å². The van der Waals surface area contributed by atoms with Gasteiger partial charge in [0.05, 0.1) is 6.10 Å². The van der Waals surface area contributed by atoms with Crippen molar-refractivity contribution >= 4 is 24.1 Å². The fraction of sp³-hybridized carbons (Fsp3) is 0.417. The molecule has 0 aliphatic carbocycles. The Labute approximate surface area is 117 Å².